The number of nitrogens with one attached hydrogen (secondary N) is 1. The third kappa shape index (κ3) is 3.91. The number of thioether (sulfide) groups is 1. The number of carbonyl (C=O) groups is 1. The van der Waals surface area contributed by atoms with E-state index < -0.39 is 5.25 Å². The summed E-state index contributed by atoms with van der Waals surface area (Å²) in [5.41, 5.74) is 1.94. The van der Waals surface area contributed by atoms with Crippen LogP contribution in [0.5, 0.6) is 0 Å². The van der Waals surface area contributed by atoms with Gasteiger partial charge in [0.2, 0.25) is 5.91 Å². The summed E-state index contributed by atoms with van der Waals surface area (Å²) < 4.78 is 15.8. The quantitative estimate of drug-likeness (QED) is 0.630. The van der Waals surface area contributed by atoms with E-state index in [1.807, 2.05) is 19.1 Å². The fraction of sp³-hybridized carbons (Fsp3) is 0.300. The molecule has 1 fully saturated rings. The first-order valence-corrected chi connectivity index (χ1v) is 10.00. The molecule has 4 rings (SSSR count). The average Bonchev–Trinajstić information content (AvgIpc) is 3.45. The number of carbonyl (C=O) groups excluding carboxylic acids is 1. The van der Waals surface area contributed by atoms with Gasteiger partial charge in [-0.15, -0.1) is 10.2 Å². The van der Waals surface area contributed by atoms with Crippen molar-refractivity contribution in [1.82, 2.24) is 19.7 Å². The van der Waals surface area contributed by atoms with Gasteiger partial charge >= 0.3 is 0 Å². The van der Waals surface area contributed by atoms with Gasteiger partial charge in [-0.2, -0.15) is 0 Å². The molecule has 0 saturated heterocycles. The number of pyridine rings is 1. The largest absolute Gasteiger partial charge is 0.325 e. The molecule has 0 bridgehead atoms. The predicted octanol–water partition coefficient (Wildman–Crippen LogP) is 4.24. The molecule has 1 saturated carbocycles. The maximum Gasteiger partial charge on any atom is 0.237 e. The molecule has 1 aliphatic carbocycles. The van der Waals surface area contributed by atoms with E-state index in [0.29, 0.717) is 22.4 Å². The molecule has 1 N–H and O–H groups in total. The molecule has 8 heteroatoms. The van der Waals surface area contributed by atoms with Gasteiger partial charge < -0.3 is 5.32 Å². The SMILES string of the molecule is Cc1ccc(NC(=O)[C@@H](C)Sc2nnc(-c3ccncc3)n2C2CC2)cc1F. The number of anilines is 1. The van der Waals surface area contributed by atoms with Crippen LogP contribution in [0.1, 0.15) is 31.4 Å². The van der Waals surface area contributed by atoms with Gasteiger partial charge in [-0.3, -0.25) is 14.3 Å². The van der Waals surface area contributed by atoms with Crippen molar-refractivity contribution in [2.24, 2.45) is 0 Å². The highest BCUT2D eigenvalue weighted by Gasteiger charge is 2.31. The number of aryl methyl sites for hydroxylation is 1. The number of nitrogens with zero attached hydrogens (tertiary/aromatic N) is 4. The maximum absolute atomic E-state index is 13.7. The number of hydrogen-bond acceptors (Lipinski definition) is 5. The molecule has 3 aromatic rings. The Balaban J connectivity index is 1.51. The number of aromatic nitrogens is 4. The van der Waals surface area contributed by atoms with E-state index in [9.17, 15) is 9.18 Å². The predicted molar refractivity (Wildman–Crippen MR) is 107 cm³/mol. The van der Waals surface area contributed by atoms with Crippen LogP contribution in [-0.2, 0) is 4.79 Å². The van der Waals surface area contributed by atoms with Gasteiger partial charge in [0, 0.05) is 29.7 Å². The summed E-state index contributed by atoms with van der Waals surface area (Å²) >= 11 is 1.36. The number of rotatable bonds is 6. The lowest BCUT2D eigenvalue weighted by Crippen LogP contribution is -2.23. The molecule has 1 aromatic carbocycles. The lowest BCUT2D eigenvalue weighted by atomic mass is 10.2. The Morgan fingerprint density at radius 3 is 2.68 bits per heavy atom. The summed E-state index contributed by atoms with van der Waals surface area (Å²) in [7, 11) is 0. The summed E-state index contributed by atoms with van der Waals surface area (Å²) in [6.45, 7) is 3.49. The van der Waals surface area contributed by atoms with Crippen molar-refractivity contribution in [3.63, 3.8) is 0 Å². The van der Waals surface area contributed by atoms with Crippen molar-refractivity contribution in [3.8, 4) is 11.4 Å². The van der Waals surface area contributed by atoms with E-state index in [-0.39, 0.29) is 11.7 Å². The van der Waals surface area contributed by atoms with Crippen LogP contribution in [0.4, 0.5) is 10.1 Å². The summed E-state index contributed by atoms with van der Waals surface area (Å²) in [5, 5.41) is 11.7. The molecular weight excluding hydrogens is 377 g/mol. The molecule has 28 heavy (non-hydrogen) atoms. The van der Waals surface area contributed by atoms with Crippen molar-refractivity contribution >= 4 is 23.4 Å². The van der Waals surface area contributed by atoms with Crippen LogP contribution in [0, 0.1) is 12.7 Å². The first-order chi connectivity index (χ1) is 13.5. The van der Waals surface area contributed by atoms with Gasteiger partial charge in [0.15, 0.2) is 11.0 Å². The normalized spacial score (nSPS) is 14.7. The number of hydrogen-bond donors (Lipinski definition) is 1. The minimum atomic E-state index is -0.406. The Bertz CT molecular complexity index is 1000. The average molecular weight is 397 g/mol. The van der Waals surface area contributed by atoms with Gasteiger partial charge in [0.05, 0.1) is 5.25 Å². The molecular formula is C20H20FN5OS. The first kappa shape index (κ1) is 18.6. The van der Waals surface area contributed by atoms with E-state index in [2.05, 4.69) is 25.1 Å². The third-order valence-electron chi connectivity index (χ3n) is 4.61. The van der Waals surface area contributed by atoms with Crippen molar-refractivity contribution in [3.05, 3.63) is 54.1 Å². The van der Waals surface area contributed by atoms with Gasteiger partial charge in [-0.1, -0.05) is 17.8 Å². The van der Waals surface area contributed by atoms with Crippen LogP contribution in [0.15, 0.2) is 47.9 Å². The van der Waals surface area contributed by atoms with Gasteiger partial charge in [0.1, 0.15) is 5.82 Å². The lowest BCUT2D eigenvalue weighted by molar-refractivity contribution is -0.115. The van der Waals surface area contributed by atoms with E-state index in [4.69, 9.17) is 0 Å². The van der Waals surface area contributed by atoms with Gasteiger partial charge in [-0.05, 0) is 56.5 Å². The monoisotopic (exact) mass is 397 g/mol. The van der Waals surface area contributed by atoms with Crippen molar-refractivity contribution < 1.29 is 9.18 Å². The van der Waals surface area contributed by atoms with Crippen LogP contribution in [0.3, 0.4) is 0 Å². The Labute approximate surface area is 166 Å². The summed E-state index contributed by atoms with van der Waals surface area (Å²) in [4.78, 5) is 16.6. The fourth-order valence-corrected chi connectivity index (χ4v) is 3.76. The van der Waals surface area contributed by atoms with Crippen LogP contribution in [-0.4, -0.2) is 30.9 Å². The fourth-order valence-electron chi connectivity index (χ4n) is 2.84. The maximum atomic E-state index is 13.7. The molecule has 1 amide bonds. The zero-order valence-electron chi connectivity index (χ0n) is 15.6. The molecule has 0 radical (unpaired) electrons. The highest BCUT2D eigenvalue weighted by Crippen LogP contribution is 2.41. The molecule has 6 nitrogen and oxygen atoms in total. The van der Waals surface area contributed by atoms with Crippen molar-refractivity contribution in [1.29, 1.82) is 0 Å². The Morgan fingerprint density at radius 1 is 1.25 bits per heavy atom. The topological polar surface area (TPSA) is 72.7 Å². The number of benzene rings is 1. The Kier molecular flexibility index (Phi) is 5.13. The number of amides is 1. The smallest absolute Gasteiger partial charge is 0.237 e. The van der Waals surface area contributed by atoms with Gasteiger partial charge in [0.25, 0.3) is 0 Å². The van der Waals surface area contributed by atoms with Crippen LogP contribution >= 0.6 is 11.8 Å². The standard InChI is InChI=1S/C20H20FN5OS/c1-12-3-4-15(11-17(12)21)23-19(27)13(2)28-20-25-24-18(26(20)16-5-6-16)14-7-9-22-10-8-14/h3-4,7-11,13,16H,5-6H2,1-2H3,(H,23,27)/t13-/m1/s1. The van der Waals surface area contributed by atoms with Gasteiger partial charge in [-0.25, -0.2) is 4.39 Å². The summed E-state index contributed by atoms with van der Waals surface area (Å²) in [6, 6.07) is 8.84. The molecule has 2 aromatic heterocycles. The minimum Gasteiger partial charge on any atom is -0.325 e. The summed E-state index contributed by atoms with van der Waals surface area (Å²) in [5.74, 6) is 0.248. The molecule has 144 valence electrons. The number of halogens is 1. The molecule has 0 aliphatic heterocycles. The Morgan fingerprint density at radius 2 is 2.00 bits per heavy atom. The van der Waals surface area contributed by atoms with E-state index in [1.165, 1.54) is 17.8 Å². The minimum absolute atomic E-state index is 0.205. The molecule has 0 spiro atoms. The van der Waals surface area contributed by atoms with Crippen LogP contribution in [0.25, 0.3) is 11.4 Å². The molecule has 0 unspecified atom stereocenters. The van der Waals surface area contributed by atoms with Crippen LogP contribution < -0.4 is 5.32 Å². The third-order valence-corrected chi connectivity index (χ3v) is 5.66. The van der Waals surface area contributed by atoms with Crippen molar-refractivity contribution in [2.45, 2.75) is 43.1 Å². The zero-order chi connectivity index (χ0) is 19.7. The Hall–Kier alpha value is -2.74. The van der Waals surface area contributed by atoms with E-state index in [1.54, 1.807) is 31.5 Å². The van der Waals surface area contributed by atoms with E-state index in [0.717, 1.165) is 24.2 Å². The molecule has 1 aliphatic rings. The second-order valence-corrected chi connectivity index (χ2v) is 8.16. The second kappa shape index (κ2) is 7.71. The highest BCUT2D eigenvalue weighted by atomic mass is 32.2. The summed E-state index contributed by atoms with van der Waals surface area (Å²) in [6.07, 6.45) is 5.61. The zero-order valence-corrected chi connectivity index (χ0v) is 16.4. The first-order valence-electron chi connectivity index (χ1n) is 9.12. The lowest BCUT2D eigenvalue weighted by Gasteiger charge is -2.13. The van der Waals surface area contributed by atoms with E-state index >= 15 is 0 Å². The molecule has 1 atom stereocenters. The van der Waals surface area contributed by atoms with Crippen LogP contribution in [0.2, 0.25) is 0 Å². The second-order valence-electron chi connectivity index (χ2n) is 6.86. The molecule has 2 heterocycles. The van der Waals surface area contributed by atoms with Crippen molar-refractivity contribution in [2.75, 3.05) is 5.32 Å². The highest BCUT2D eigenvalue weighted by molar-refractivity contribution is 8.00.